The molecule has 154 valence electrons. The van der Waals surface area contributed by atoms with Crippen molar-refractivity contribution < 1.29 is 23.1 Å². The molecular formula is C21H27F3N2O2. The monoisotopic (exact) mass is 396 g/mol. The van der Waals surface area contributed by atoms with E-state index in [1.165, 1.54) is 0 Å². The molecule has 0 aromatic heterocycles. The van der Waals surface area contributed by atoms with Gasteiger partial charge in [0.25, 0.3) is 0 Å². The number of hydrogen-bond acceptors (Lipinski definition) is 3. The zero-order valence-electron chi connectivity index (χ0n) is 15.9. The highest BCUT2D eigenvalue weighted by atomic mass is 19.4. The van der Waals surface area contributed by atoms with Crippen LogP contribution in [-0.2, 0) is 4.79 Å². The number of aliphatic hydroxyl groups excluding tert-OH is 1. The third kappa shape index (κ3) is 3.32. The highest BCUT2D eigenvalue weighted by molar-refractivity contribution is 5.80. The van der Waals surface area contributed by atoms with Gasteiger partial charge in [-0.05, 0) is 18.4 Å². The fourth-order valence-corrected chi connectivity index (χ4v) is 5.58. The van der Waals surface area contributed by atoms with Crippen LogP contribution in [0.4, 0.5) is 13.2 Å². The molecule has 1 aromatic rings. The van der Waals surface area contributed by atoms with Crippen LogP contribution < -0.4 is 0 Å². The van der Waals surface area contributed by atoms with Crippen molar-refractivity contribution in [3.8, 4) is 0 Å². The first kappa shape index (κ1) is 19.7. The summed E-state index contributed by atoms with van der Waals surface area (Å²) < 4.78 is 38.6. The Bertz CT molecular complexity index is 697. The summed E-state index contributed by atoms with van der Waals surface area (Å²) in [6.07, 6.45) is -1.15. The van der Waals surface area contributed by atoms with Crippen molar-refractivity contribution in [3.63, 3.8) is 0 Å². The number of benzene rings is 1. The highest BCUT2D eigenvalue weighted by Crippen LogP contribution is 2.54. The Hall–Kier alpha value is -1.60. The Morgan fingerprint density at radius 2 is 1.79 bits per heavy atom. The minimum absolute atomic E-state index is 0.0560. The number of hydrogen-bond donors (Lipinski definition) is 1. The topological polar surface area (TPSA) is 43.8 Å². The van der Waals surface area contributed by atoms with Crippen molar-refractivity contribution in [2.24, 2.45) is 5.92 Å². The predicted octanol–water partition coefficient (Wildman–Crippen LogP) is 3.17. The van der Waals surface area contributed by atoms with E-state index in [9.17, 15) is 23.1 Å². The number of carbonyl (C=O) groups is 1. The molecule has 3 fully saturated rings. The number of alkyl halides is 3. The van der Waals surface area contributed by atoms with Gasteiger partial charge in [0, 0.05) is 37.5 Å². The minimum Gasteiger partial charge on any atom is -0.395 e. The first-order chi connectivity index (χ1) is 13.4. The molecule has 2 atom stereocenters. The van der Waals surface area contributed by atoms with Crippen molar-refractivity contribution in [2.45, 2.75) is 55.8 Å². The molecule has 1 saturated carbocycles. The Kier molecular flexibility index (Phi) is 5.16. The van der Waals surface area contributed by atoms with Crippen molar-refractivity contribution in [1.82, 2.24) is 9.80 Å². The fraction of sp³-hybridized carbons (Fsp3) is 0.667. The van der Waals surface area contributed by atoms with Gasteiger partial charge in [0.1, 0.15) is 0 Å². The van der Waals surface area contributed by atoms with E-state index in [1.807, 2.05) is 35.2 Å². The molecule has 0 bridgehead atoms. The number of rotatable bonds is 5. The van der Waals surface area contributed by atoms with Crippen LogP contribution in [0.5, 0.6) is 0 Å². The highest BCUT2D eigenvalue weighted by Gasteiger charge is 2.66. The van der Waals surface area contributed by atoms with Gasteiger partial charge < -0.3 is 10.0 Å². The number of nitrogens with zero attached hydrogens (tertiary/aromatic N) is 2. The third-order valence-electron chi connectivity index (χ3n) is 6.86. The summed E-state index contributed by atoms with van der Waals surface area (Å²) in [4.78, 5) is 16.4. The van der Waals surface area contributed by atoms with Crippen LogP contribution in [0.1, 0.15) is 43.6 Å². The average molecular weight is 396 g/mol. The molecule has 1 spiro atoms. The van der Waals surface area contributed by atoms with Crippen molar-refractivity contribution in [1.29, 1.82) is 0 Å². The first-order valence-corrected chi connectivity index (χ1v) is 10.1. The van der Waals surface area contributed by atoms with Crippen LogP contribution in [0.25, 0.3) is 0 Å². The molecule has 1 amide bonds. The molecule has 2 aliphatic heterocycles. The molecule has 7 heteroatoms. The maximum absolute atomic E-state index is 12.9. The van der Waals surface area contributed by atoms with Gasteiger partial charge in [0.2, 0.25) is 5.91 Å². The molecule has 3 aliphatic rings. The van der Waals surface area contributed by atoms with Gasteiger partial charge >= 0.3 is 6.18 Å². The second kappa shape index (κ2) is 7.34. The largest absolute Gasteiger partial charge is 0.395 e. The molecule has 1 aliphatic carbocycles. The van der Waals surface area contributed by atoms with Crippen LogP contribution >= 0.6 is 0 Å². The van der Waals surface area contributed by atoms with Crippen molar-refractivity contribution in [2.75, 3.05) is 26.2 Å². The van der Waals surface area contributed by atoms with Crippen molar-refractivity contribution >= 4 is 5.91 Å². The van der Waals surface area contributed by atoms with Crippen LogP contribution in [0.2, 0.25) is 0 Å². The lowest BCUT2D eigenvalue weighted by Crippen LogP contribution is -2.85. The van der Waals surface area contributed by atoms with Gasteiger partial charge in [0.05, 0.1) is 18.6 Å². The maximum atomic E-state index is 12.9. The number of carbonyl (C=O) groups excluding carboxylic acids is 1. The molecule has 4 nitrogen and oxygen atoms in total. The third-order valence-corrected chi connectivity index (χ3v) is 6.86. The SMILES string of the molecule is O=C(C1CCCC1)N1CC2(C1)[C@@H](c1ccccc1)[C@@H](CO)N2CCC(F)(F)F. The van der Waals surface area contributed by atoms with E-state index >= 15 is 0 Å². The van der Waals surface area contributed by atoms with E-state index in [0.717, 1.165) is 31.2 Å². The summed E-state index contributed by atoms with van der Waals surface area (Å²) >= 11 is 0. The van der Waals surface area contributed by atoms with E-state index in [-0.39, 0.29) is 36.9 Å². The molecule has 4 rings (SSSR count). The number of likely N-dealkylation sites (tertiary alicyclic amines) is 2. The Morgan fingerprint density at radius 3 is 2.36 bits per heavy atom. The van der Waals surface area contributed by atoms with E-state index in [4.69, 9.17) is 0 Å². The van der Waals surface area contributed by atoms with Crippen LogP contribution in [-0.4, -0.2) is 64.8 Å². The molecule has 2 heterocycles. The van der Waals surface area contributed by atoms with Gasteiger partial charge in [-0.25, -0.2) is 0 Å². The average Bonchev–Trinajstić information content (AvgIpc) is 3.14. The number of amides is 1. The van der Waals surface area contributed by atoms with Gasteiger partial charge in [-0.2, -0.15) is 13.2 Å². The van der Waals surface area contributed by atoms with E-state index < -0.39 is 18.1 Å². The zero-order chi connectivity index (χ0) is 19.9. The molecule has 0 radical (unpaired) electrons. The Labute approximate surface area is 163 Å². The second-order valence-electron chi connectivity index (χ2n) is 8.48. The molecular weight excluding hydrogens is 369 g/mol. The zero-order valence-corrected chi connectivity index (χ0v) is 15.9. The van der Waals surface area contributed by atoms with Crippen LogP contribution in [0, 0.1) is 5.92 Å². The number of aliphatic hydroxyl groups is 1. The van der Waals surface area contributed by atoms with E-state index in [2.05, 4.69) is 0 Å². The van der Waals surface area contributed by atoms with Crippen LogP contribution in [0.3, 0.4) is 0 Å². The Morgan fingerprint density at radius 1 is 1.14 bits per heavy atom. The standard InChI is InChI=1S/C21H27F3N2O2/c22-21(23,24)10-11-26-17(12-27)18(15-6-2-1-3-7-15)20(26)13-25(14-20)19(28)16-8-4-5-9-16/h1-3,6-7,16-18,27H,4-5,8-14H2/t17-,18+/m1/s1. The van der Waals surface area contributed by atoms with Crippen molar-refractivity contribution in [3.05, 3.63) is 35.9 Å². The summed E-state index contributed by atoms with van der Waals surface area (Å²) in [5.41, 5.74) is 0.534. The summed E-state index contributed by atoms with van der Waals surface area (Å²) in [5.74, 6) is 0.169. The summed E-state index contributed by atoms with van der Waals surface area (Å²) in [5, 5.41) is 9.91. The first-order valence-electron chi connectivity index (χ1n) is 10.1. The quantitative estimate of drug-likeness (QED) is 0.832. The molecule has 1 aromatic carbocycles. The summed E-state index contributed by atoms with van der Waals surface area (Å²) in [6.45, 7) is 0.589. The van der Waals surface area contributed by atoms with Gasteiger partial charge in [0.15, 0.2) is 0 Å². The van der Waals surface area contributed by atoms with Crippen LogP contribution in [0.15, 0.2) is 30.3 Å². The fourth-order valence-electron chi connectivity index (χ4n) is 5.58. The second-order valence-corrected chi connectivity index (χ2v) is 8.48. The number of halogens is 3. The predicted molar refractivity (Wildman–Crippen MR) is 98.7 cm³/mol. The minimum atomic E-state index is -4.23. The molecule has 1 N–H and O–H groups in total. The molecule has 0 unspecified atom stereocenters. The summed E-state index contributed by atoms with van der Waals surface area (Å²) in [6, 6.07) is 9.33. The van der Waals surface area contributed by atoms with Gasteiger partial charge in [-0.15, -0.1) is 0 Å². The van der Waals surface area contributed by atoms with E-state index in [1.54, 1.807) is 4.90 Å². The van der Waals surface area contributed by atoms with Gasteiger partial charge in [-0.3, -0.25) is 9.69 Å². The molecule has 28 heavy (non-hydrogen) atoms. The van der Waals surface area contributed by atoms with Gasteiger partial charge in [-0.1, -0.05) is 43.2 Å². The lowest BCUT2D eigenvalue weighted by Gasteiger charge is -2.71. The maximum Gasteiger partial charge on any atom is 0.390 e. The Balaban J connectivity index is 1.54. The molecule has 2 saturated heterocycles. The summed E-state index contributed by atoms with van der Waals surface area (Å²) in [7, 11) is 0. The smallest absolute Gasteiger partial charge is 0.390 e. The lowest BCUT2D eigenvalue weighted by molar-refractivity contribution is -0.211. The normalized spacial score (nSPS) is 27.6. The van der Waals surface area contributed by atoms with E-state index in [0.29, 0.717) is 13.1 Å². The lowest BCUT2D eigenvalue weighted by atomic mass is 9.60.